The molecule has 2 atom stereocenters. The van der Waals surface area contributed by atoms with Crippen molar-refractivity contribution in [3.8, 4) is 17.1 Å². The van der Waals surface area contributed by atoms with Gasteiger partial charge in [0.2, 0.25) is 5.88 Å². The number of pyridine rings is 1. The van der Waals surface area contributed by atoms with Crippen molar-refractivity contribution in [2.24, 2.45) is 0 Å². The number of ether oxygens (including phenoxy) is 1. The quantitative estimate of drug-likeness (QED) is 0.457. The second kappa shape index (κ2) is 9.82. The van der Waals surface area contributed by atoms with Crippen LogP contribution in [0.4, 0.5) is 35.3 Å². The van der Waals surface area contributed by atoms with Gasteiger partial charge in [-0.2, -0.15) is 18.2 Å². The first kappa shape index (κ1) is 24.7. The molecule has 0 spiro atoms. The van der Waals surface area contributed by atoms with Gasteiger partial charge in [0.15, 0.2) is 11.6 Å². The molecule has 2 aliphatic heterocycles. The van der Waals surface area contributed by atoms with Gasteiger partial charge in [-0.25, -0.2) is 9.78 Å². The molecule has 0 aliphatic carbocycles. The molecule has 2 amide bonds. The van der Waals surface area contributed by atoms with Crippen molar-refractivity contribution in [2.75, 3.05) is 41.4 Å². The third-order valence-corrected chi connectivity index (χ3v) is 6.14. The fourth-order valence-electron chi connectivity index (χ4n) is 4.37. The lowest BCUT2D eigenvalue weighted by Crippen LogP contribution is -2.48. The molecule has 2 aliphatic rings. The van der Waals surface area contributed by atoms with Crippen LogP contribution in [0.5, 0.6) is 5.88 Å². The van der Waals surface area contributed by atoms with Crippen LogP contribution < -0.4 is 19.9 Å². The standard InChI is InChI=1S/C24H23F3N6O4/c25-24(26,27)15-3-1-2-14(8-15)18-4-5-19-22(29-18)33(16-6-7-32(19)11-16)23(36)31-20-9-28-10-21(30-20)37-13-17(35)12-34/h1-5,8-10,16-17,34-35H,6-7,11-13H2,(H,30,31,36)/t16-,17+/m0/s1. The number of alkyl halides is 3. The zero-order chi connectivity index (χ0) is 26.2. The number of benzene rings is 1. The minimum atomic E-state index is -4.49. The van der Waals surface area contributed by atoms with Crippen LogP contribution in [0.1, 0.15) is 12.0 Å². The lowest BCUT2D eigenvalue weighted by Gasteiger charge is -2.35. The molecular weight excluding hydrogens is 493 g/mol. The molecule has 0 unspecified atom stereocenters. The molecule has 2 bridgehead atoms. The van der Waals surface area contributed by atoms with E-state index in [0.717, 1.165) is 12.1 Å². The van der Waals surface area contributed by atoms with E-state index in [1.54, 1.807) is 18.2 Å². The SMILES string of the molecule is O=C(Nc1cncc(OC[C@H](O)CO)n1)N1c2nc(-c3cccc(C(F)(F)F)c3)ccc2N2CC[C@H]1C2. The third-order valence-electron chi connectivity index (χ3n) is 6.14. The number of nitrogens with zero attached hydrogens (tertiary/aromatic N) is 5. The van der Waals surface area contributed by atoms with Crippen molar-refractivity contribution < 1.29 is 32.9 Å². The van der Waals surface area contributed by atoms with Crippen molar-refractivity contribution in [1.82, 2.24) is 15.0 Å². The number of halogens is 3. The second-order valence-electron chi connectivity index (χ2n) is 8.70. The van der Waals surface area contributed by atoms with Crippen molar-refractivity contribution in [3.63, 3.8) is 0 Å². The molecule has 2 aromatic heterocycles. The summed E-state index contributed by atoms with van der Waals surface area (Å²) in [5, 5.41) is 21.0. The molecule has 1 fully saturated rings. The number of urea groups is 1. The summed E-state index contributed by atoms with van der Waals surface area (Å²) >= 11 is 0. The highest BCUT2D eigenvalue weighted by Crippen LogP contribution is 2.41. The van der Waals surface area contributed by atoms with Crippen LogP contribution in [0.3, 0.4) is 0 Å². The van der Waals surface area contributed by atoms with Crippen molar-refractivity contribution in [2.45, 2.75) is 24.7 Å². The smallest absolute Gasteiger partial charge is 0.416 e. The Labute approximate surface area is 209 Å². The zero-order valence-electron chi connectivity index (χ0n) is 19.4. The number of fused-ring (bicyclic) bond motifs is 4. The number of rotatable bonds is 6. The number of hydrogen-bond donors (Lipinski definition) is 3. The highest BCUT2D eigenvalue weighted by atomic mass is 19.4. The Kier molecular flexibility index (Phi) is 6.56. The molecule has 10 nitrogen and oxygen atoms in total. The number of aliphatic hydroxyl groups excluding tert-OH is 2. The van der Waals surface area contributed by atoms with Gasteiger partial charge in [0.05, 0.1) is 42.0 Å². The minimum Gasteiger partial charge on any atom is -0.474 e. The number of aromatic nitrogens is 3. The predicted octanol–water partition coefficient (Wildman–Crippen LogP) is 2.92. The van der Waals surface area contributed by atoms with Crippen LogP contribution in [0.25, 0.3) is 11.3 Å². The monoisotopic (exact) mass is 516 g/mol. The Morgan fingerprint density at radius 3 is 2.84 bits per heavy atom. The van der Waals surface area contributed by atoms with Crippen molar-refractivity contribution in [3.05, 3.63) is 54.4 Å². The fourth-order valence-corrected chi connectivity index (χ4v) is 4.37. The molecule has 3 N–H and O–H groups in total. The fraction of sp³-hybridized carbons (Fsp3) is 0.333. The van der Waals surface area contributed by atoms with E-state index in [1.807, 2.05) is 0 Å². The summed E-state index contributed by atoms with van der Waals surface area (Å²) in [5.74, 6) is 0.478. The lowest BCUT2D eigenvalue weighted by molar-refractivity contribution is -0.137. The number of carbonyl (C=O) groups is 1. The largest absolute Gasteiger partial charge is 0.474 e. The number of amides is 2. The van der Waals surface area contributed by atoms with Gasteiger partial charge in [0, 0.05) is 18.7 Å². The molecule has 5 rings (SSSR count). The summed E-state index contributed by atoms with van der Waals surface area (Å²) in [6, 6.07) is 7.59. The Hall–Kier alpha value is -3.97. The maximum atomic E-state index is 13.4. The Morgan fingerprint density at radius 2 is 2.05 bits per heavy atom. The lowest BCUT2D eigenvalue weighted by atomic mass is 10.1. The molecule has 0 radical (unpaired) electrons. The molecule has 1 saturated heterocycles. The number of hydrogen-bond acceptors (Lipinski definition) is 8. The van der Waals surface area contributed by atoms with Crippen LogP contribution in [0, 0.1) is 0 Å². The maximum Gasteiger partial charge on any atom is 0.416 e. The Morgan fingerprint density at radius 1 is 1.22 bits per heavy atom. The molecule has 3 aromatic rings. The summed E-state index contributed by atoms with van der Waals surface area (Å²) < 4.78 is 45.0. The Balaban J connectivity index is 1.42. The van der Waals surface area contributed by atoms with E-state index in [2.05, 4.69) is 25.2 Å². The first-order chi connectivity index (χ1) is 17.7. The number of nitrogens with one attached hydrogen (secondary N) is 1. The highest BCUT2D eigenvalue weighted by molar-refractivity contribution is 6.04. The van der Waals surface area contributed by atoms with Crippen molar-refractivity contribution >= 4 is 23.4 Å². The summed E-state index contributed by atoms with van der Waals surface area (Å²) in [6.07, 6.45) is -2.26. The van der Waals surface area contributed by atoms with E-state index >= 15 is 0 Å². The van der Waals surface area contributed by atoms with E-state index in [4.69, 9.17) is 9.84 Å². The van der Waals surface area contributed by atoms with Crippen LogP contribution in [0.2, 0.25) is 0 Å². The molecule has 194 valence electrons. The van der Waals surface area contributed by atoms with Crippen LogP contribution in [-0.4, -0.2) is 69.6 Å². The van der Waals surface area contributed by atoms with Crippen molar-refractivity contribution in [1.29, 1.82) is 0 Å². The second-order valence-corrected chi connectivity index (χ2v) is 8.70. The van der Waals surface area contributed by atoms with Gasteiger partial charge in [0.1, 0.15) is 12.7 Å². The number of aliphatic hydroxyl groups is 2. The predicted molar refractivity (Wildman–Crippen MR) is 127 cm³/mol. The van der Waals surface area contributed by atoms with Gasteiger partial charge >= 0.3 is 12.2 Å². The Bertz CT molecular complexity index is 1310. The first-order valence-corrected chi connectivity index (χ1v) is 11.5. The third kappa shape index (κ3) is 5.13. The van der Waals surface area contributed by atoms with Gasteiger partial charge in [-0.1, -0.05) is 12.1 Å². The van der Waals surface area contributed by atoms with Crippen LogP contribution >= 0.6 is 0 Å². The van der Waals surface area contributed by atoms with Gasteiger partial charge in [0.25, 0.3) is 0 Å². The normalized spacial score (nSPS) is 17.4. The van der Waals surface area contributed by atoms with E-state index in [-0.39, 0.29) is 29.9 Å². The van der Waals surface area contributed by atoms with Gasteiger partial charge < -0.3 is 19.8 Å². The maximum absolute atomic E-state index is 13.4. The molecule has 0 saturated carbocycles. The van der Waals surface area contributed by atoms with Crippen LogP contribution in [-0.2, 0) is 6.18 Å². The summed E-state index contributed by atoms with van der Waals surface area (Å²) in [5.41, 5.74) is 0.519. The summed E-state index contributed by atoms with van der Waals surface area (Å²) in [4.78, 5) is 29.7. The minimum absolute atomic E-state index is 0.0429. The molecular formula is C24H23F3N6O4. The highest BCUT2D eigenvalue weighted by Gasteiger charge is 2.40. The van der Waals surface area contributed by atoms with Gasteiger partial charge in [-0.05, 0) is 30.7 Å². The van der Waals surface area contributed by atoms with E-state index in [9.17, 15) is 23.1 Å². The number of carbonyl (C=O) groups excluding carboxylic acids is 1. The molecule has 13 heteroatoms. The van der Waals surface area contributed by atoms with Crippen LogP contribution in [0.15, 0.2) is 48.8 Å². The average Bonchev–Trinajstić information content (AvgIpc) is 3.31. The molecule has 1 aromatic carbocycles. The van der Waals surface area contributed by atoms with E-state index < -0.39 is 30.5 Å². The average molecular weight is 516 g/mol. The summed E-state index contributed by atoms with van der Waals surface area (Å²) in [6.45, 7) is 0.621. The van der Waals surface area contributed by atoms with Gasteiger partial charge in [-0.3, -0.25) is 15.2 Å². The zero-order valence-corrected chi connectivity index (χ0v) is 19.4. The molecule has 37 heavy (non-hydrogen) atoms. The number of anilines is 3. The van der Waals surface area contributed by atoms with E-state index in [0.29, 0.717) is 36.7 Å². The first-order valence-electron chi connectivity index (χ1n) is 11.5. The summed E-state index contributed by atoms with van der Waals surface area (Å²) in [7, 11) is 0. The molecule has 4 heterocycles. The topological polar surface area (TPSA) is 124 Å². The van der Waals surface area contributed by atoms with Gasteiger partial charge in [-0.15, -0.1) is 0 Å². The van der Waals surface area contributed by atoms with E-state index in [1.165, 1.54) is 23.4 Å².